The SMILES string of the molecule is COCCOc1ccc(NC(C)C)cn1. The number of ether oxygens (including phenoxy) is 2. The molecule has 15 heavy (non-hydrogen) atoms. The van der Waals surface area contributed by atoms with E-state index < -0.39 is 0 Å². The highest BCUT2D eigenvalue weighted by Crippen LogP contribution is 2.12. The van der Waals surface area contributed by atoms with Crippen LogP contribution in [-0.2, 0) is 4.74 Å². The Bertz CT molecular complexity index is 272. The molecule has 1 aromatic heterocycles. The number of hydrogen-bond acceptors (Lipinski definition) is 4. The van der Waals surface area contributed by atoms with Crippen molar-refractivity contribution in [1.29, 1.82) is 0 Å². The van der Waals surface area contributed by atoms with Crippen LogP contribution in [0.15, 0.2) is 18.3 Å². The molecule has 0 spiro atoms. The summed E-state index contributed by atoms with van der Waals surface area (Å²) in [6.45, 7) is 5.28. The summed E-state index contributed by atoms with van der Waals surface area (Å²) < 4.78 is 10.2. The van der Waals surface area contributed by atoms with E-state index in [0.29, 0.717) is 25.1 Å². The van der Waals surface area contributed by atoms with Crippen molar-refractivity contribution in [2.24, 2.45) is 0 Å². The first-order valence-corrected chi connectivity index (χ1v) is 5.06. The van der Waals surface area contributed by atoms with Gasteiger partial charge in [0.2, 0.25) is 5.88 Å². The van der Waals surface area contributed by atoms with E-state index in [1.807, 2.05) is 12.1 Å². The minimum absolute atomic E-state index is 0.409. The maximum atomic E-state index is 5.34. The Morgan fingerprint density at radius 3 is 2.67 bits per heavy atom. The van der Waals surface area contributed by atoms with Gasteiger partial charge in [0, 0.05) is 19.2 Å². The van der Waals surface area contributed by atoms with E-state index in [2.05, 4.69) is 24.1 Å². The molecule has 0 aliphatic heterocycles. The fourth-order valence-electron chi connectivity index (χ4n) is 1.11. The Morgan fingerprint density at radius 1 is 1.33 bits per heavy atom. The molecule has 4 heteroatoms. The van der Waals surface area contributed by atoms with Gasteiger partial charge in [-0.15, -0.1) is 0 Å². The Morgan fingerprint density at radius 2 is 2.13 bits per heavy atom. The van der Waals surface area contributed by atoms with Gasteiger partial charge in [-0.1, -0.05) is 0 Å². The number of pyridine rings is 1. The minimum atomic E-state index is 0.409. The third kappa shape index (κ3) is 4.65. The lowest BCUT2D eigenvalue weighted by Crippen LogP contribution is -2.10. The van der Waals surface area contributed by atoms with Crippen molar-refractivity contribution >= 4 is 5.69 Å². The summed E-state index contributed by atoms with van der Waals surface area (Å²) in [5.74, 6) is 0.626. The number of aromatic nitrogens is 1. The van der Waals surface area contributed by atoms with Crippen molar-refractivity contribution in [3.63, 3.8) is 0 Å². The zero-order valence-electron chi connectivity index (χ0n) is 9.49. The first-order chi connectivity index (χ1) is 7.22. The third-order valence-electron chi connectivity index (χ3n) is 1.73. The summed E-state index contributed by atoms with van der Waals surface area (Å²) in [5, 5.41) is 3.26. The Labute approximate surface area is 90.6 Å². The van der Waals surface area contributed by atoms with Crippen LogP contribution >= 0.6 is 0 Å². The zero-order chi connectivity index (χ0) is 11.1. The number of methoxy groups -OCH3 is 1. The molecular weight excluding hydrogens is 192 g/mol. The second kappa shape index (κ2) is 6.24. The predicted octanol–water partition coefficient (Wildman–Crippen LogP) is 1.93. The van der Waals surface area contributed by atoms with Crippen LogP contribution in [-0.4, -0.2) is 31.3 Å². The van der Waals surface area contributed by atoms with E-state index in [9.17, 15) is 0 Å². The lowest BCUT2D eigenvalue weighted by molar-refractivity contribution is 0.144. The van der Waals surface area contributed by atoms with Crippen LogP contribution in [0.3, 0.4) is 0 Å². The molecule has 0 saturated heterocycles. The van der Waals surface area contributed by atoms with E-state index in [1.54, 1.807) is 13.3 Å². The predicted molar refractivity (Wildman–Crippen MR) is 60.4 cm³/mol. The molecule has 0 aromatic carbocycles. The van der Waals surface area contributed by atoms with Gasteiger partial charge in [0.25, 0.3) is 0 Å². The average Bonchev–Trinajstić information content (AvgIpc) is 2.20. The van der Waals surface area contributed by atoms with Crippen LogP contribution < -0.4 is 10.1 Å². The third-order valence-corrected chi connectivity index (χ3v) is 1.73. The summed E-state index contributed by atoms with van der Waals surface area (Å²) in [6, 6.07) is 4.21. The highest BCUT2D eigenvalue weighted by Gasteiger charge is 1.97. The first kappa shape index (κ1) is 11.8. The number of anilines is 1. The normalized spacial score (nSPS) is 10.4. The molecule has 0 atom stereocenters. The molecule has 0 amide bonds. The van der Waals surface area contributed by atoms with E-state index in [-0.39, 0.29) is 0 Å². The van der Waals surface area contributed by atoms with E-state index in [1.165, 1.54) is 0 Å². The van der Waals surface area contributed by atoms with Gasteiger partial charge < -0.3 is 14.8 Å². The Kier molecular flexibility index (Phi) is 4.90. The molecule has 84 valence electrons. The molecule has 0 saturated carbocycles. The topological polar surface area (TPSA) is 43.4 Å². The zero-order valence-corrected chi connectivity index (χ0v) is 9.49. The second-order valence-corrected chi connectivity index (χ2v) is 3.53. The fourth-order valence-corrected chi connectivity index (χ4v) is 1.11. The molecule has 0 unspecified atom stereocenters. The molecule has 1 N–H and O–H groups in total. The van der Waals surface area contributed by atoms with Crippen LogP contribution in [0.1, 0.15) is 13.8 Å². The minimum Gasteiger partial charge on any atom is -0.475 e. The van der Waals surface area contributed by atoms with Gasteiger partial charge in [0.15, 0.2) is 0 Å². The highest BCUT2D eigenvalue weighted by molar-refractivity contribution is 5.42. The van der Waals surface area contributed by atoms with E-state index >= 15 is 0 Å². The van der Waals surface area contributed by atoms with Gasteiger partial charge in [-0.2, -0.15) is 0 Å². The summed E-state index contributed by atoms with van der Waals surface area (Å²) >= 11 is 0. The lowest BCUT2D eigenvalue weighted by Gasteiger charge is -2.10. The van der Waals surface area contributed by atoms with Crippen molar-refractivity contribution in [3.8, 4) is 5.88 Å². The number of nitrogens with one attached hydrogen (secondary N) is 1. The van der Waals surface area contributed by atoms with Crippen molar-refractivity contribution in [2.45, 2.75) is 19.9 Å². The molecule has 0 aliphatic carbocycles. The maximum Gasteiger partial charge on any atom is 0.213 e. The fraction of sp³-hybridized carbons (Fsp3) is 0.545. The monoisotopic (exact) mass is 210 g/mol. The van der Waals surface area contributed by atoms with Crippen molar-refractivity contribution in [3.05, 3.63) is 18.3 Å². The largest absolute Gasteiger partial charge is 0.475 e. The molecule has 0 aliphatic rings. The van der Waals surface area contributed by atoms with Crippen LogP contribution in [0.4, 0.5) is 5.69 Å². The first-order valence-electron chi connectivity index (χ1n) is 5.06. The van der Waals surface area contributed by atoms with Gasteiger partial charge in [-0.05, 0) is 19.9 Å². The molecule has 4 nitrogen and oxygen atoms in total. The summed E-state index contributed by atoms with van der Waals surface area (Å²) in [7, 11) is 1.65. The summed E-state index contributed by atoms with van der Waals surface area (Å²) in [6.07, 6.45) is 1.77. The van der Waals surface area contributed by atoms with Gasteiger partial charge in [-0.25, -0.2) is 4.98 Å². The molecular formula is C11H18N2O2. The van der Waals surface area contributed by atoms with Gasteiger partial charge in [0.1, 0.15) is 6.61 Å². The van der Waals surface area contributed by atoms with Crippen LogP contribution in [0.2, 0.25) is 0 Å². The van der Waals surface area contributed by atoms with E-state index in [0.717, 1.165) is 5.69 Å². The van der Waals surface area contributed by atoms with Gasteiger partial charge in [-0.3, -0.25) is 0 Å². The van der Waals surface area contributed by atoms with Gasteiger partial charge in [0.05, 0.1) is 18.5 Å². The number of nitrogens with zero attached hydrogens (tertiary/aromatic N) is 1. The standard InChI is InChI=1S/C11H18N2O2/c1-9(2)13-10-4-5-11(12-8-10)15-7-6-14-3/h4-5,8-9,13H,6-7H2,1-3H3. The van der Waals surface area contributed by atoms with Crippen molar-refractivity contribution < 1.29 is 9.47 Å². The van der Waals surface area contributed by atoms with Crippen LogP contribution in [0, 0.1) is 0 Å². The molecule has 0 bridgehead atoms. The number of rotatable bonds is 6. The highest BCUT2D eigenvalue weighted by atomic mass is 16.5. The Balaban J connectivity index is 2.42. The summed E-state index contributed by atoms with van der Waals surface area (Å²) in [5.41, 5.74) is 1.00. The molecule has 0 radical (unpaired) electrons. The van der Waals surface area contributed by atoms with Crippen molar-refractivity contribution in [2.75, 3.05) is 25.6 Å². The Hall–Kier alpha value is -1.29. The smallest absolute Gasteiger partial charge is 0.213 e. The lowest BCUT2D eigenvalue weighted by atomic mass is 10.3. The quantitative estimate of drug-likeness (QED) is 0.728. The summed E-state index contributed by atoms with van der Waals surface area (Å²) in [4.78, 5) is 4.16. The maximum absolute atomic E-state index is 5.34. The average molecular weight is 210 g/mol. The molecule has 1 aromatic rings. The van der Waals surface area contributed by atoms with Gasteiger partial charge >= 0.3 is 0 Å². The van der Waals surface area contributed by atoms with E-state index in [4.69, 9.17) is 9.47 Å². The second-order valence-electron chi connectivity index (χ2n) is 3.53. The van der Waals surface area contributed by atoms with Crippen molar-refractivity contribution in [1.82, 2.24) is 4.98 Å². The molecule has 1 heterocycles. The van der Waals surface area contributed by atoms with Crippen LogP contribution in [0.25, 0.3) is 0 Å². The number of hydrogen-bond donors (Lipinski definition) is 1. The van der Waals surface area contributed by atoms with Crippen LogP contribution in [0.5, 0.6) is 5.88 Å². The molecule has 1 rings (SSSR count). The molecule has 0 fully saturated rings.